The molecule has 0 bridgehead atoms. The van der Waals surface area contributed by atoms with E-state index >= 15 is 0 Å². The monoisotopic (exact) mass is 379 g/mol. The van der Waals surface area contributed by atoms with Gasteiger partial charge in [0.2, 0.25) is 5.91 Å². The van der Waals surface area contributed by atoms with Crippen LogP contribution in [0.3, 0.4) is 0 Å². The average Bonchev–Trinajstić information content (AvgIpc) is 3.46. The highest BCUT2D eigenvalue weighted by molar-refractivity contribution is 5.77. The van der Waals surface area contributed by atoms with Crippen molar-refractivity contribution in [1.29, 1.82) is 0 Å². The zero-order valence-electron chi connectivity index (χ0n) is 16.6. The fraction of sp³-hybridized carbons (Fsp3) is 0.458. The van der Waals surface area contributed by atoms with E-state index in [1.165, 1.54) is 11.1 Å². The molecule has 4 heteroatoms. The molecule has 0 aromatic heterocycles. The number of benzene rings is 2. The molecular weight excluding hydrogens is 350 g/mol. The van der Waals surface area contributed by atoms with Gasteiger partial charge in [-0.3, -0.25) is 4.79 Å². The summed E-state index contributed by atoms with van der Waals surface area (Å²) in [4.78, 5) is 15.2. The number of nitrogens with zero attached hydrogens (tertiary/aromatic N) is 1. The number of aryl methyl sites for hydroxylation is 1. The molecule has 0 saturated heterocycles. The first kappa shape index (κ1) is 18.9. The van der Waals surface area contributed by atoms with Crippen molar-refractivity contribution >= 4 is 5.91 Å². The van der Waals surface area contributed by atoms with Crippen molar-refractivity contribution in [1.82, 2.24) is 4.90 Å². The van der Waals surface area contributed by atoms with Crippen LogP contribution in [0.25, 0.3) is 0 Å². The van der Waals surface area contributed by atoms with E-state index in [-0.39, 0.29) is 11.9 Å². The molecule has 0 aliphatic heterocycles. The Bertz CT molecular complexity index is 815. The van der Waals surface area contributed by atoms with Crippen molar-refractivity contribution < 1.29 is 14.3 Å². The molecule has 2 aliphatic rings. The maximum absolute atomic E-state index is 13.0. The summed E-state index contributed by atoms with van der Waals surface area (Å²) in [5.74, 6) is 1.78. The van der Waals surface area contributed by atoms with E-state index in [1.54, 1.807) is 0 Å². The Morgan fingerprint density at radius 2 is 1.71 bits per heavy atom. The topological polar surface area (TPSA) is 38.8 Å². The molecule has 0 radical (unpaired) electrons. The molecule has 0 N–H and O–H groups in total. The van der Waals surface area contributed by atoms with Crippen molar-refractivity contribution in [3.05, 3.63) is 59.7 Å². The van der Waals surface area contributed by atoms with Crippen LogP contribution in [-0.2, 0) is 11.2 Å². The quantitative estimate of drug-likeness (QED) is 0.580. The molecule has 1 atom stereocenters. The lowest BCUT2D eigenvalue weighted by molar-refractivity contribution is -0.134. The van der Waals surface area contributed by atoms with Gasteiger partial charge in [0.1, 0.15) is 0 Å². The maximum atomic E-state index is 13.0. The summed E-state index contributed by atoms with van der Waals surface area (Å²) in [6.45, 7) is 3.09. The molecule has 28 heavy (non-hydrogen) atoms. The highest BCUT2D eigenvalue weighted by Gasteiger charge is 2.39. The molecule has 1 fully saturated rings. The Labute approximate surface area is 167 Å². The number of ether oxygens (including phenoxy) is 2. The number of carbonyl (C=O) groups is 1. The van der Waals surface area contributed by atoms with Crippen LogP contribution in [-0.4, -0.2) is 30.1 Å². The lowest BCUT2D eigenvalue weighted by atomic mass is 10.1. The maximum Gasteiger partial charge on any atom is 0.223 e. The Kier molecular flexibility index (Phi) is 5.84. The number of amides is 1. The molecule has 1 saturated carbocycles. The SMILES string of the molecule is CCOc1ccccc1OCCCC(=O)N(C1CC1)C1CCc2ccccc21. The highest BCUT2D eigenvalue weighted by Crippen LogP contribution is 2.42. The van der Waals surface area contributed by atoms with Crippen LogP contribution in [0.2, 0.25) is 0 Å². The van der Waals surface area contributed by atoms with Crippen LogP contribution in [0.1, 0.15) is 56.2 Å². The van der Waals surface area contributed by atoms with Crippen LogP contribution < -0.4 is 9.47 Å². The van der Waals surface area contributed by atoms with E-state index in [9.17, 15) is 4.79 Å². The van der Waals surface area contributed by atoms with Gasteiger partial charge < -0.3 is 14.4 Å². The molecular formula is C24H29NO3. The smallest absolute Gasteiger partial charge is 0.223 e. The predicted molar refractivity (Wildman–Crippen MR) is 110 cm³/mol. The van der Waals surface area contributed by atoms with Crippen LogP contribution in [0.5, 0.6) is 11.5 Å². The Morgan fingerprint density at radius 1 is 1.00 bits per heavy atom. The zero-order valence-corrected chi connectivity index (χ0v) is 16.6. The number of rotatable bonds is 9. The zero-order chi connectivity index (χ0) is 19.3. The van der Waals surface area contributed by atoms with Crippen LogP contribution >= 0.6 is 0 Å². The molecule has 0 heterocycles. The Balaban J connectivity index is 1.33. The van der Waals surface area contributed by atoms with E-state index in [0.29, 0.717) is 25.7 Å². The summed E-state index contributed by atoms with van der Waals surface area (Å²) in [5, 5.41) is 0. The Morgan fingerprint density at radius 3 is 2.46 bits per heavy atom. The minimum absolute atomic E-state index is 0.260. The summed E-state index contributed by atoms with van der Waals surface area (Å²) in [7, 11) is 0. The highest BCUT2D eigenvalue weighted by atomic mass is 16.5. The lowest BCUT2D eigenvalue weighted by Gasteiger charge is -2.30. The molecule has 4 rings (SSSR count). The molecule has 0 spiro atoms. The summed E-state index contributed by atoms with van der Waals surface area (Å²) >= 11 is 0. The molecule has 148 valence electrons. The van der Waals surface area contributed by atoms with Crippen molar-refractivity contribution in [3.63, 3.8) is 0 Å². The summed E-state index contributed by atoms with van der Waals surface area (Å²) in [5.41, 5.74) is 2.76. The predicted octanol–water partition coefficient (Wildman–Crippen LogP) is 4.92. The summed E-state index contributed by atoms with van der Waals surface area (Å²) in [6, 6.07) is 17.0. The van der Waals surface area contributed by atoms with Gasteiger partial charge in [0, 0.05) is 12.5 Å². The first-order valence-electron chi connectivity index (χ1n) is 10.5. The first-order valence-corrected chi connectivity index (χ1v) is 10.5. The summed E-state index contributed by atoms with van der Waals surface area (Å²) in [6.07, 6.45) is 5.67. The van der Waals surface area contributed by atoms with E-state index in [1.807, 2.05) is 31.2 Å². The van der Waals surface area contributed by atoms with E-state index < -0.39 is 0 Å². The molecule has 1 amide bonds. The fourth-order valence-electron chi connectivity index (χ4n) is 4.19. The van der Waals surface area contributed by atoms with Crippen molar-refractivity contribution in [2.75, 3.05) is 13.2 Å². The van der Waals surface area contributed by atoms with Gasteiger partial charge in [-0.05, 0) is 62.3 Å². The molecule has 4 nitrogen and oxygen atoms in total. The van der Waals surface area contributed by atoms with Crippen LogP contribution in [0.15, 0.2) is 48.5 Å². The second-order valence-electron chi connectivity index (χ2n) is 7.62. The Hall–Kier alpha value is -2.49. The third-order valence-electron chi connectivity index (χ3n) is 5.61. The van der Waals surface area contributed by atoms with E-state index in [0.717, 1.165) is 43.6 Å². The molecule has 1 unspecified atom stereocenters. The fourth-order valence-corrected chi connectivity index (χ4v) is 4.19. The number of hydrogen-bond donors (Lipinski definition) is 0. The van der Waals surface area contributed by atoms with Gasteiger partial charge in [0.25, 0.3) is 0 Å². The van der Waals surface area contributed by atoms with Gasteiger partial charge in [0.15, 0.2) is 11.5 Å². The standard InChI is InChI=1S/C24H29NO3/c1-2-27-22-10-5-6-11-23(22)28-17-7-12-24(26)25(19-14-15-19)21-16-13-18-8-3-4-9-20(18)21/h3-6,8-11,19,21H,2,7,12-17H2,1H3. The second kappa shape index (κ2) is 8.68. The molecule has 2 aliphatic carbocycles. The van der Waals surface area contributed by atoms with Crippen molar-refractivity contribution in [2.24, 2.45) is 0 Å². The third kappa shape index (κ3) is 4.16. The minimum atomic E-state index is 0.260. The van der Waals surface area contributed by atoms with Crippen molar-refractivity contribution in [3.8, 4) is 11.5 Å². The van der Waals surface area contributed by atoms with Crippen LogP contribution in [0.4, 0.5) is 0 Å². The van der Waals surface area contributed by atoms with Gasteiger partial charge in [-0.25, -0.2) is 0 Å². The summed E-state index contributed by atoms with van der Waals surface area (Å²) < 4.78 is 11.5. The largest absolute Gasteiger partial charge is 0.490 e. The third-order valence-corrected chi connectivity index (χ3v) is 5.61. The number of hydrogen-bond acceptors (Lipinski definition) is 3. The van der Waals surface area contributed by atoms with Gasteiger partial charge in [-0.2, -0.15) is 0 Å². The van der Waals surface area contributed by atoms with E-state index in [2.05, 4.69) is 29.2 Å². The lowest BCUT2D eigenvalue weighted by Crippen LogP contribution is -2.36. The average molecular weight is 380 g/mol. The normalized spacial score (nSPS) is 17.8. The molecule has 2 aromatic rings. The van der Waals surface area contributed by atoms with Gasteiger partial charge in [0.05, 0.1) is 19.3 Å². The van der Waals surface area contributed by atoms with Gasteiger partial charge in [-0.15, -0.1) is 0 Å². The second-order valence-corrected chi connectivity index (χ2v) is 7.62. The number of carbonyl (C=O) groups excluding carboxylic acids is 1. The van der Waals surface area contributed by atoms with E-state index in [4.69, 9.17) is 9.47 Å². The van der Waals surface area contributed by atoms with Crippen molar-refractivity contribution in [2.45, 2.75) is 57.5 Å². The van der Waals surface area contributed by atoms with Gasteiger partial charge in [-0.1, -0.05) is 36.4 Å². The number of para-hydroxylation sites is 2. The number of fused-ring (bicyclic) bond motifs is 1. The first-order chi connectivity index (χ1) is 13.8. The molecule has 2 aromatic carbocycles. The van der Waals surface area contributed by atoms with Crippen LogP contribution in [0, 0.1) is 0 Å². The minimum Gasteiger partial charge on any atom is -0.490 e. The van der Waals surface area contributed by atoms with Gasteiger partial charge >= 0.3 is 0 Å².